The second-order valence-corrected chi connectivity index (χ2v) is 6.36. The molecule has 142 valence electrons. The molecule has 1 aliphatic rings. The Labute approximate surface area is 156 Å². The Hall–Kier alpha value is -2.61. The van der Waals surface area contributed by atoms with Crippen molar-refractivity contribution in [2.75, 3.05) is 18.5 Å². The van der Waals surface area contributed by atoms with E-state index in [1.807, 2.05) is 0 Å². The van der Waals surface area contributed by atoms with Crippen LogP contribution in [0.15, 0.2) is 35.3 Å². The van der Waals surface area contributed by atoms with Gasteiger partial charge in [0.25, 0.3) is 0 Å². The van der Waals surface area contributed by atoms with Crippen molar-refractivity contribution in [3.05, 3.63) is 57.9 Å². The largest absolute Gasteiger partial charge is 0.508 e. The number of fused-ring (bicyclic) bond motifs is 1. The second kappa shape index (κ2) is 6.84. The van der Waals surface area contributed by atoms with Crippen LogP contribution in [0.5, 0.6) is 5.75 Å². The molecule has 0 saturated carbocycles. The molecule has 0 bridgehead atoms. The van der Waals surface area contributed by atoms with Crippen molar-refractivity contribution < 1.29 is 27.5 Å². The molecule has 1 N–H and O–H groups in total. The van der Waals surface area contributed by atoms with Gasteiger partial charge in [0, 0.05) is 23.9 Å². The smallest absolute Gasteiger partial charge is 0.417 e. The number of aromatic hydroxyl groups is 1. The number of phenols is 1. The van der Waals surface area contributed by atoms with Crippen molar-refractivity contribution in [3.8, 4) is 5.75 Å². The minimum Gasteiger partial charge on any atom is -0.508 e. The van der Waals surface area contributed by atoms with Gasteiger partial charge in [-0.15, -0.1) is 0 Å². The molecule has 1 unspecified atom stereocenters. The van der Waals surface area contributed by atoms with Gasteiger partial charge in [-0.3, -0.25) is 4.99 Å². The molecule has 0 fully saturated rings. The summed E-state index contributed by atoms with van der Waals surface area (Å²) in [5.41, 5.74) is -1.43. The van der Waals surface area contributed by atoms with E-state index in [4.69, 9.17) is 11.6 Å². The summed E-state index contributed by atoms with van der Waals surface area (Å²) in [6.45, 7) is -0.114. The zero-order chi connectivity index (χ0) is 19.9. The van der Waals surface area contributed by atoms with E-state index in [1.165, 1.54) is 18.0 Å². The van der Waals surface area contributed by atoms with E-state index in [0.717, 1.165) is 24.3 Å². The molecule has 1 atom stereocenters. The fourth-order valence-electron chi connectivity index (χ4n) is 2.92. The summed E-state index contributed by atoms with van der Waals surface area (Å²) >= 11 is 6.08. The zero-order valence-electron chi connectivity index (χ0n) is 13.9. The fraction of sp³-hybridized carbons (Fsp3) is 0.222. The minimum atomic E-state index is -4.73. The van der Waals surface area contributed by atoms with Gasteiger partial charge in [-0.1, -0.05) is 11.6 Å². The molecule has 0 aromatic heterocycles. The third-order valence-corrected chi connectivity index (χ3v) is 4.73. The first-order chi connectivity index (χ1) is 12.6. The molecule has 1 aliphatic heterocycles. The average molecular weight is 401 g/mol. The number of benzene rings is 2. The Morgan fingerprint density at radius 1 is 1.30 bits per heavy atom. The predicted octanol–water partition coefficient (Wildman–Crippen LogP) is 4.06. The van der Waals surface area contributed by atoms with Crippen molar-refractivity contribution >= 4 is 29.3 Å². The highest BCUT2D eigenvalue weighted by Crippen LogP contribution is 2.42. The van der Waals surface area contributed by atoms with Gasteiger partial charge in [0.15, 0.2) is 0 Å². The monoisotopic (exact) mass is 400 g/mol. The lowest BCUT2D eigenvalue weighted by molar-refractivity contribution is -0.137. The van der Waals surface area contributed by atoms with Crippen LogP contribution in [0.25, 0.3) is 0 Å². The van der Waals surface area contributed by atoms with Crippen LogP contribution in [0, 0.1) is 5.82 Å². The first-order valence-electron chi connectivity index (χ1n) is 7.76. The normalized spacial score (nSPS) is 17.2. The number of alkyl halides is 3. The molecule has 2 aromatic carbocycles. The SMILES string of the molecule is CN1c2ccc(C(F)(F)F)c(Cl)c2C(c2cc(O)ccc2F)=NCC1C=O. The van der Waals surface area contributed by atoms with Crippen LogP contribution in [-0.2, 0) is 11.0 Å². The molecule has 0 aliphatic carbocycles. The van der Waals surface area contributed by atoms with E-state index in [1.54, 1.807) is 0 Å². The van der Waals surface area contributed by atoms with Crippen LogP contribution in [-0.4, -0.2) is 36.7 Å². The highest BCUT2D eigenvalue weighted by molar-refractivity contribution is 6.37. The summed E-state index contributed by atoms with van der Waals surface area (Å²) in [6.07, 6.45) is -4.13. The standard InChI is InChI=1S/C18H13ClF4N2O2/c1-25-9(8-26)7-24-17(11-6-10(27)2-4-13(11)20)15-14(25)5-3-12(16(15)19)18(21,22)23/h2-6,8-9,27H,7H2,1H3. The van der Waals surface area contributed by atoms with E-state index < -0.39 is 28.6 Å². The number of likely N-dealkylation sites (N-methyl/N-ethyl adjacent to an activating group) is 1. The Morgan fingerprint density at radius 3 is 2.63 bits per heavy atom. The van der Waals surface area contributed by atoms with Gasteiger partial charge in [-0.25, -0.2) is 4.39 Å². The number of aliphatic imine (C=N–C) groups is 1. The predicted molar refractivity (Wildman–Crippen MR) is 93.3 cm³/mol. The number of phenolic OH excluding ortho intramolecular Hbond substituents is 1. The third-order valence-electron chi connectivity index (χ3n) is 4.34. The van der Waals surface area contributed by atoms with Gasteiger partial charge in [-0.05, 0) is 30.3 Å². The van der Waals surface area contributed by atoms with Crippen molar-refractivity contribution in [1.29, 1.82) is 0 Å². The van der Waals surface area contributed by atoms with Crippen LogP contribution < -0.4 is 4.90 Å². The Balaban J connectivity index is 2.36. The minimum absolute atomic E-state index is 0.114. The van der Waals surface area contributed by atoms with Crippen LogP contribution in [0.1, 0.15) is 16.7 Å². The van der Waals surface area contributed by atoms with Crippen molar-refractivity contribution in [2.24, 2.45) is 4.99 Å². The summed E-state index contributed by atoms with van der Waals surface area (Å²) in [5.74, 6) is -1.08. The molecule has 3 rings (SSSR count). The Bertz CT molecular complexity index is 944. The summed E-state index contributed by atoms with van der Waals surface area (Å²) in [5, 5.41) is 9.04. The summed E-state index contributed by atoms with van der Waals surface area (Å²) in [4.78, 5) is 17.0. The first-order valence-corrected chi connectivity index (χ1v) is 8.14. The number of aldehydes is 1. The lowest BCUT2D eigenvalue weighted by atomic mass is 9.97. The summed E-state index contributed by atoms with van der Waals surface area (Å²) in [6, 6.07) is 4.33. The van der Waals surface area contributed by atoms with Crippen molar-refractivity contribution in [2.45, 2.75) is 12.2 Å². The van der Waals surface area contributed by atoms with E-state index in [0.29, 0.717) is 6.29 Å². The maximum absolute atomic E-state index is 14.4. The number of anilines is 1. The lowest BCUT2D eigenvalue weighted by Gasteiger charge is -2.26. The number of carbonyl (C=O) groups is 1. The molecule has 0 amide bonds. The molecule has 1 heterocycles. The van der Waals surface area contributed by atoms with Crippen LogP contribution in [0.2, 0.25) is 5.02 Å². The van der Waals surface area contributed by atoms with Crippen molar-refractivity contribution in [3.63, 3.8) is 0 Å². The highest BCUT2D eigenvalue weighted by atomic mass is 35.5. The Kier molecular flexibility index (Phi) is 4.86. The van der Waals surface area contributed by atoms with E-state index in [2.05, 4.69) is 4.99 Å². The molecule has 0 radical (unpaired) electrons. The Morgan fingerprint density at radius 2 is 2.00 bits per heavy atom. The number of nitrogens with zero attached hydrogens (tertiary/aromatic N) is 2. The fourth-order valence-corrected chi connectivity index (χ4v) is 3.27. The molecule has 0 saturated heterocycles. The highest BCUT2D eigenvalue weighted by Gasteiger charge is 2.37. The zero-order valence-corrected chi connectivity index (χ0v) is 14.6. The quantitative estimate of drug-likeness (QED) is 0.611. The lowest BCUT2D eigenvalue weighted by Crippen LogP contribution is -2.35. The van der Waals surface area contributed by atoms with E-state index in [9.17, 15) is 27.5 Å². The first kappa shape index (κ1) is 19.2. The number of hydrogen-bond acceptors (Lipinski definition) is 4. The number of rotatable bonds is 2. The van der Waals surface area contributed by atoms with E-state index in [-0.39, 0.29) is 34.8 Å². The van der Waals surface area contributed by atoms with Crippen LogP contribution in [0.3, 0.4) is 0 Å². The molecule has 4 nitrogen and oxygen atoms in total. The molecular weight excluding hydrogens is 388 g/mol. The number of halogens is 5. The van der Waals surface area contributed by atoms with Gasteiger partial charge in [-0.2, -0.15) is 13.2 Å². The van der Waals surface area contributed by atoms with E-state index >= 15 is 0 Å². The average Bonchev–Trinajstić information content (AvgIpc) is 2.73. The van der Waals surface area contributed by atoms with Gasteiger partial charge >= 0.3 is 6.18 Å². The maximum atomic E-state index is 14.4. The molecule has 9 heteroatoms. The van der Waals surface area contributed by atoms with Gasteiger partial charge in [0.2, 0.25) is 0 Å². The van der Waals surface area contributed by atoms with Gasteiger partial charge in [0.05, 0.1) is 22.8 Å². The molecule has 27 heavy (non-hydrogen) atoms. The van der Waals surface area contributed by atoms with Crippen LogP contribution >= 0.6 is 11.6 Å². The second-order valence-electron chi connectivity index (χ2n) is 5.99. The molecule has 0 spiro atoms. The summed E-state index contributed by atoms with van der Waals surface area (Å²) in [7, 11) is 1.51. The van der Waals surface area contributed by atoms with Gasteiger partial charge in [0.1, 0.15) is 23.9 Å². The molecular formula is C18H13ClF4N2O2. The number of carbonyl (C=O) groups excluding carboxylic acids is 1. The number of hydrogen-bond donors (Lipinski definition) is 1. The third kappa shape index (κ3) is 3.37. The summed E-state index contributed by atoms with van der Waals surface area (Å²) < 4.78 is 54.4. The topological polar surface area (TPSA) is 52.9 Å². The maximum Gasteiger partial charge on any atom is 0.417 e. The van der Waals surface area contributed by atoms with Crippen molar-refractivity contribution in [1.82, 2.24) is 0 Å². The van der Waals surface area contributed by atoms with Crippen LogP contribution in [0.4, 0.5) is 23.2 Å². The van der Waals surface area contributed by atoms with Gasteiger partial charge < -0.3 is 14.8 Å². The molecule has 2 aromatic rings. The number of benzodiazepines with no additional fused rings is 1.